The van der Waals surface area contributed by atoms with Crippen LogP contribution >= 0.6 is 0 Å². The number of alkyl halides is 2. The summed E-state index contributed by atoms with van der Waals surface area (Å²) in [6.45, 7) is 0.460. The average Bonchev–Trinajstić information content (AvgIpc) is 1.85. The van der Waals surface area contributed by atoms with E-state index >= 15 is 0 Å². The lowest BCUT2D eigenvalue weighted by Gasteiger charge is -2.11. The lowest BCUT2D eigenvalue weighted by atomic mass is 10.3. The van der Waals surface area contributed by atoms with Crippen LogP contribution in [0.3, 0.4) is 0 Å². The Morgan fingerprint density at radius 2 is 2.09 bits per heavy atom. The van der Waals surface area contributed by atoms with E-state index in [2.05, 4.69) is 4.74 Å². The summed E-state index contributed by atoms with van der Waals surface area (Å²) in [4.78, 5) is 0. The molecule has 11 heavy (non-hydrogen) atoms. The molecule has 0 aromatic heterocycles. The molecule has 3 nitrogen and oxygen atoms in total. The van der Waals surface area contributed by atoms with Crippen LogP contribution < -0.4 is 0 Å². The minimum absolute atomic E-state index is 0.174. The Kier molecular flexibility index (Phi) is 4.48. The number of aliphatic hydroxyl groups excluding tert-OH is 1. The molecular weight excluding hydrogens is 158 g/mol. The molecule has 5 heteroatoms. The minimum Gasteiger partial charge on any atom is -0.391 e. The van der Waals surface area contributed by atoms with Crippen LogP contribution in [-0.4, -0.2) is 35.6 Å². The highest BCUT2D eigenvalue weighted by molar-refractivity contribution is 4.50. The SMILES string of the molecule is CCC(O)COCC(O)(F)F. The number of ether oxygens (including phenoxy) is 1. The van der Waals surface area contributed by atoms with Crippen LogP contribution in [0.4, 0.5) is 8.78 Å². The van der Waals surface area contributed by atoms with Gasteiger partial charge in [-0.1, -0.05) is 6.92 Å². The third-order valence-corrected chi connectivity index (χ3v) is 1.06. The molecule has 0 heterocycles. The second kappa shape index (κ2) is 4.58. The third kappa shape index (κ3) is 7.64. The summed E-state index contributed by atoms with van der Waals surface area (Å²) in [6.07, 6.45) is -4.10. The van der Waals surface area contributed by atoms with Crippen LogP contribution in [0.25, 0.3) is 0 Å². The molecule has 0 aliphatic heterocycles. The number of halogens is 2. The topological polar surface area (TPSA) is 49.7 Å². The molecule has 0 aromatic rings. The summed E-state index contributed by atoms with van der Waals surface area (Å²) in [6, 6.07) is 0. The van der Waals surface area contributed by atoms with Gasteiger partial charge in [-0.2, -0.15) is 8.78 Å². The number of rotatable bonds is 5. The maximum absolute atomic E-state index is 11.6. The molecule has 1 unspecified atom stereocenters. The Labute approximate surface area is 63.6 Å². The Bertz CT molecular complexity index is 102. The first-order valence-electron chi connectivity index (χ1n) is 3.31. The maximum atomic E-state index is 11.6. The molecule has 0 bridgehead atoms. The van der Waals surface area contributed by atoms with Gasteiger partial charge in [0.2, 0.25) is 0 Å². The summed E-state index contributed by atoms with van der Waals surface area (Å²) in [5, 5.41) is 16.7. The Morgan fingerprint density at radius 3 is 2.45 bits per heavy atom. The van der Waals surface area contributed by atoms with Crippen molar-refractivity contribution in [2.45, 2.75) is 25.6 Å². The predicted molar refractivity (Wildman–Crippen MR) is 34.3 cm³/mol. The van der Waals surface area contributed by atoms with Crippen LogP contribution in [-0.2, 0) is 4.74 Å². The fourth-order valence-electron chi connectivity index (χ4n) is 0.436. The lowest BCUT2D eigenvalue weighted by molar-refractivity contribution is -0.234. The van der Waals surface area contributed by atoms with Gasteiger partial charge in [-0.15, -0.1) is 0 Å². The van der Waals surface area contributed by atoms with Crippen molar-refractivity contribution >= 4 is 0 Å². The Morgan fingerprint density at radius 1 is 1.55 bits per heavy atom. The first-order valence-corrected chi connectivity index (χ1v) is 3.31. The lowest BCUT2D eigenvalue weighted by Crippen LogP contribution is -2.25. The van der Waals surface area contributed by atoms with Crippen LogP contribution in [0.1, 0.15) is 13.3 Å². The number of hydrogen-bond acceptors (Lipinski definition) is 3. The van der Waals surface area contributed by atoms with Gasteiger partial charge in [0.15, 0.2) is 0 Å². The van der Waals surface area contributed by atoms with Gasteiger partial charge in [0.05, 0.1) is 12.7 Å². The molecule has 0 radical (unpaired) electrons. The van der Waals surface area contributed by atoms with E-state index in [9.17, 15) is 8.78 Å². The van der Waals surface area contributed by atoms with Gasteiger partial charge in [-0.3, -0.25) is 0 Å². The van der Waals surface area contributed by atoms with E-state index in [-0.39, 0.29) is 6.61 Å². The molecule has 2 N–H and O–H groups in total. The highest BCUT2D eigenvalue weighted by atomic mass is 19.3. The van der Waals surface area contributed by atoms with Gasteiger partial charge in [0.1, 0.15) is 6.61 Å². The molecular formula is C6H12F2O3. The Hall–Kier alpha value is -0.260. The van der Waals surface area contributed by atoms with E-state index in [0.29, 0.717) is 6.42 Å². The van der Waals surface area contributed by atoms with Gasteiger partial charge >= 0.3 is 6.11 Å². The first kappa shape index (κ1) is 10.7. The zero-order valence-corrected chi connectivity index (χ0v) is 6.26. The molecule has 1 atom stereocenters. The quantitative estimate of drug-likeness (QED) is 0.626. The van der Waals surface area contributed by atoms with Gasteiger partial charge in [-0.05, 0) is 6.42 Å². The van der Waals surface area contributed by atoms with Crippen molar-refractivity contribution in [1.82, 2.24) is 0 Å². The predicted octanol–water partition coefficient (Wildman–Crippen LogP) is 0.359. The molecule has 0 saturated heterocycles. The second-order valence-electron chi connectivity index (χ2n) is 2.24. The average molecular weight is 170 g/mol. The van der Waals surface area contributed by atoms with Gasteiger partial charge < -0.3 is 14.9 Å². The third-order valence-electron chi connectivity index (χ3n) is 1.06. The van der Waals surface area contributed by atoms with Crippen molar-refractivity contribution in [2.24, 2.45) is 0 Å². The molecule has 0 amide bonds. The molecule has 0 rings (SSSR count). The normalized spacial score (nSPS) is 15.0. The monoisotopic (exact) mass is 170 g/mol. The second-order valence-corrected chi connectivity index (χ2v) is 2.24. The van der Waals surface area contributed by atoms with Crippen LogP contribution in [0.15, 0.2) is 0 Å². The maximum Gasteiger partial charge on any atom is 0.376 e. The van der Waals surface area contributed by atoms with Crippen molar-refractivity contribution in [2.75, 3.05) is 13.2 Å². The standard InChI is InChI=1S/C6H12F2O3/c1-2-5(9)3-11-4-6(7,8)10/h5,9-10H,2-4H2,1H3. The molecule has 0 aromatic carbocycles. The van der Waals surface area contributed by atoms with Crippen molar-refractivity contribution in [3.63, 3.8) is 0 Å². The van der Waals surface area contributed by atoms with E-state index in [1.807, 2.05) is 0 Å². The zero-order chi connectivity index (χ0) is 8.91. The van der Waals surface area contributed by atoms with Crippen LogP contribution in [0.5, 0.6) is 0 Å². The molecule has 0 saturated carbocycles. The summed E-state index contributed by atoms with van der Waals surface area (Å²) in [5.74, 6) is 0. The molecule has 0 aliphatic carbocycles. The van der Waals surface area contributed by atoms with Crippen LogP contribution in [0.2, 0.25) is 0 Å². The fraction of sp³-hybridized carbons (Fsp3) is 1.00. The highest BCUT2D eigenvalue weighted by Crippen LogP contribution is 2.07. The van der Waals surface area contributed by atoms with Crippen molar-refractivity contribution in [3.8, 4) is 0 Å². The first-order chi connectivity index (χ1) is 4.95. The molecule has 0 aliphatic rings. The largest absolute Gasteiger partial charge is 0.391 e. The van der Waals surface area contributed by atoms with Crippen molar-refractivity contribution in [3.05, 3.63) is 0 Å². The number of hydrogen-bond donors (Lipinski definition) is 2. The van der Waals surface area contributed by atoms with Crippen molar-refractivity contribution in [1.29, 1.82) is 0 Å². The smallest absolute Gasteiger partial charge is 0.376 e. The molecule has 0 spiro atoms. The summed E-state index contributed by atoms with van der Waals surface area (Å²) in [5.41, 5.74) is 0. The zero-order valence-electron chi connectivity index (χ0n) is 6.26. The highest BCUT2D eigenvalue weighted by Gasteiger charge is 2.24. The van der Waals surface area contributed by atoms with E-state index in [4.69, 9.17) is 10.2 Å². The van der Waals surface area contributed by atoms with E-state index in [1.54, 1.807) is 6.92 Å². The summed E-state index contributed by atoms with van der Waals surface area (Å²) >= 11 is 0. The van der Waals surface area contributed by atoms with Gasteiger partial charge in [0.25, 0.3) is 0 Å². The summed E-state index contributed by atoms with van der Waals surface area (Å²) < 4.78 is 27.6. The molecule has 0 fully saturated rings. The van der Waals surface area contributed by atoms with E-state index in [1.165, 1.54) is 0 Å². The fourth-order valence-corrected chi connectivity index (χ4v) is 0.436. The minimum atomic E-state index is -3.80. The molecule has 68 valence electrons. The van der Waals surface area contributed by atoms with Crippen LogP contribution in [0, 0.1) is 0 Å². The Balaban J connectivity index is 3.28. The summed E-state index contributed by atoms with van der Waals surface area (Å²) in [7, 11) is 0. The van der Waals surface area contributed by atoms with E-state index in [0.717, 1.165) is 0 Å². The van der Waals surface area contributed by atoms with Crippen molar-refractivity contribution < 1.29 is 23.7 Å². The van der Waals surface area contributed by atoms with E-state index < -0.39 is 18.8 Å². The van der Waals surface area contributed by atoms with Gasteiger partial charge in [-0.25, -0.2) is 0 Å². The van der Waals surface area contributed by atoms with Gasteiger partial charge in [0, 0.05) is 0 Å². The number of aliphatic hydroxyl groups is 2.